The topological polar surface area (TPSA) is 124 Å². The van der Waals surface area contributed by atoms with Crippen LogP contribution in [0.25, 0.3) is 0 Å². The van der Waals surface area contributed by atoms with E-state index in [0.717, 1.165) is 6.07 Å². The van der Waals surface area contributed by atoms with Gasteiger partial charge in [0, 0.05) is 23.0 Å². The zero-order valence-corrected chi connectivity index (χ0v) is 18.7. The van der Waals surface area contributed by atoms with E-state index in [4.69, 9.17) is 16.3 Å². The number of hydrogen-bond acceptors (Lipinski definition) is 7. The molecule has 7 nitrogen and oxygen atoms in total. The van der Waals surface area contributed by atoms with Crippen molar-refractivity contribution in [2.75, 3.05) is 0 Å². The van der Waals surface area contributed by atoms with E-state index in [1.54, 1.807) is 0 Å². The van der Waals surface area contributed by atoms with Gasteiger partial charge in [-0.2, -0.15) is 0 Å². The number of phenols is 2. The molecule has 3 aliphatic rings. The minimum absolute atomic E-state index is 0.000169. The molecule has 0 saturated heterocycles. The minimum atomic E-state index is -1.76. The number of esters is 1. The highest BCUT2D eigenvalue weighted by atomic mass is 35.5. The number of fused-ring (bicyclic) bond motifs is 3. The first-order valence-corrected chi connectivity index (χ1v) is 10.6. The van der Waals surface area contributed by atoms with Gasteiger partial charge in [0.25, 0.3) is 0 Å². The van der Waals surface area contributed by atoms with Gasteiger partial charge in [0.05, 0.1) is 10.6 Å². The predicted molar refractivity (Wildman–Crippen MR) is 112 cm³/mol. The second kappa shape index (κ2) is 6.47. The van der Waals surface area contributed by atoms with Crippen molar-refractivity contribution >= 4 is 23.9 Å². The number of carbonyl (C=O) groups excluding carboxylic acids is 2. The maximum Gasteiger partial charge on any atom is 0.342 e. The quantitative estimate of drug-likeness (QED) is 0.412. The second-order valence-corrected chi connectivity index (χ2v) is 10.7. The maximum absolute atomic E-state index is 12.9. The summed E-state index contributed by atoms with van der Waals surface area (Å²) in [6.45, 7) is 7.34. The lowest BCUT2D eigenvalue weighted by Crippen LogP contribution is -2.75. The summed E-state index contributed by atoms with van der Waals surface area (Å²) in [5, 5.41) is 42.7. The van der Waals surface area contributed by atoms with E-state index in [1.807, 2.05) is 20.8 Å². The normalized spacial score (nSPS) is 37.8. The number of ether oxygens (including phenoxy) is 1. The van der Waals surface area contributed by atoms with Crippen molar-refractivity contribution in [2.45, 2.75) is 64.3 Å². The van der Waals surface area contributed by atoms with Crippen LogP contribution in [0.2, 0.25) is 5.02 Å². The van der Waals surface area contributed by atoms with Crippen molar-refractivity contribution in [3.8, 4) is 11.5 Å². The van der Waals surface area contributed by atoms with E-state index in [-0.39, 0.29) is 45.2 Å². The number of aliphatic hydroxyl groups is 2. The average Bonchev–Trinajstić information content (AvgIpc) is 2.92. The van der Waals surface area contributed by atoms with Crippen LogP contribution >= 0.6 is 11.6 Å². The van der Waals surface area contributed by atoms with Crippen LogP contribution < -0.4 is 0 Å². The van der Waals surface area contributed by atoms with Crippen molar-refractivity contribution in [3.63, 3.8) is 0 Å². The average molecular weight is 451 g/mol. The smallest absolute Gasteiger partial charge is 0.342 e. The van der Waals surface area contributed by atoms with Gasteiger partial charge in [-0.25, -0.2) is 4.79 Å². The molecule has 1 aromatic rings. The number of aromatic hydroxyl groups is 2. The summed E-state index contributed by atoms with van der Waals surface area (Å²) < 4.78 is 5.56. The van der Waals surface area contributed by atoms with Gasteiger partial charge in [0.15, 0.2) is 0 Å². The van der Waals surface area contributed by atoms with Crippen molar-refractivity contribution in [1.29, 1.82) is 0 Å². The standard InChI is InChI=1S/C23H27ClO7/c1-11-17(13(26)5-14(27)18(11)24)19(28)31-16-8-21(4)15-7-20(2,3)10-22(15,29)6-12(9-25)23(16,21)30/h5-6,9,15-16,26-27,29-30H,7-8,10H2,1-4H3/t15-,16-,21-,22+,23+/m1/s1. The molecule has 0 unspecified atom stereocenters. The summed E-state index contributed by atoms with van der Waals surface area (Å²) in [6, 6.07) is 0.948. The number of hydrogen-bond donors (Lipinski definition) is 4. The Morgan fingerprint density at radius 3 is 2.45 bits per heavy atom. The van der Waals surface area contributed by atoms with Crippen LogP contribution in [-0.2, 0) is 9.53 Å². The highest BCUT2D eigenvalue weighted by Crippen LogP contribution is 2.69. The van der Waals surface area contributed by atoms with Crippen LogP contribution in [0.3, 0.4) is 0 Å². The summed E-state index contributed by atoms with van der Waals surface area (Å²) in [6.07, 6.45) is 2.27. The van der Waals surface area contributed by atoms with Crippen molar-refractivity contribution in [3.05, 3.63) is 33.9 Å². The molecule has 0 aliphatic heterocycles. The van der Waals surface area contributed by atoms with Gasteiger partial charge >= 0.3 is 5.97 Å². The molecule has 3 aliphatic carbocycles. The fourth-order valence-electron chi connectivity index (χ4n) is 6.30. The van der Waals surface area contributed by atoms with Gasteiger partial charge in [-0.3, -0.25) is 4.79 Å². The molecule has 0 amide bonds. The SMILES string of the molecule is Cc1c(Cl)c(O)cc(O)c1C(=O)O[C@@H]1C[C@]2(C)[C@H]3CC(C)(C)C[C@@]3(O)C=C(C=O)[C@]12O. The van der Waals surface area contributed by atoms with Crippen LogP contribution in [0.4, 0.5) is 0 Å². The molecule has 0 aromatic heterocycles. The van der Waals surface area contributed by atoms with Crippen LogP contribution in [0, 0.1) is 23.7 Å². The molecule has 0 radical (unpaired) electrons. The van der Waals surface area contributed by atoms with Gasteiger partial charge in [-0.15, -0.1) is 0 Å². The van der Waals surface area contributed by atoms with Gasteiger partial charge < -0.3 is 25.2 Å². The molecule has 31 heavy (non-hydrogen) atoms. The lowest BCUT2D eigenvalue weighted by Gasteiger charge is -2.65. The monoisotopic (exact) mass is 450 g/mol. The van der Waals surface area contributed by atoms with Crippen molar-refractivity contribution < 1.29 is 34.8 Å². The van der Waals surface area contributed by atoms with E-state index in [0.29, 0.717) is 19.1 Å². The Morgan fingerprint density at radius 2 is 1.84 bits per heavy atom. The number of rotatable bonds is 3. The molecule has 0 spiro atoms. The summed E-state index contributed by atoms with van der Waals surface area (Å²) in [7, 11) is 0. The van der Waals surface area contributed by atoms with Crippen LogP contribution in [0.1, 0.15) is 56.0 Å². The molecule has 2 saturated carbocycles. The Morgan fingerprint density at radius 1 is 1.19 bits per heavy atom. The maximum atomic E-state index is 12.9. The Balaban J connectivity index is 1.70. The molecule has 168 valence electrons. The summed E-state index contributed by atoms with van der Waals surface area (Å²) in [5.74, 6) is -2.10. The number of phenolic OH excluding ortho intramolecular Hbond substituents is 2. The number of carbonyl (C=O) groups is 2. The zero-order valence-electron chi connectivity index (χ0n) is 17.9. The molecule has 0 bridgehead atoms. The first-order chi connectivity index (χ1) is 14.2. The first kappa shape index (κ1) is 22.1. The van der Waals surface area contributed by atoms with E-state index >= 15 is 0 Å². The van der Waals surface area contributed by atoms with Crippen molar-refractivity contribution in [2.24, 2.45) is 16.7 Å². The van der Waals surface area contributed by atoms with Gasteiger partial charge in [-0.1, -0.05) is 32.4 Å². The molecular weight excluding hydrogens is 424 g/mol. The molecule has 0 heterocycles. The fraction of sp³-hybridized carbons (Fsp3) is 0.565. The Kier molecular flexibility index (Phi) is 4.61. The lowest BCUT2D eigenvalue weighted by atomic mass is 9.43. The van der Waals surface area contributed by atoms with Gasteiger partial charge in [0.1, 0.15) is 35.1 Å². The first-order valence-electron chi connectivity index (χ1n) is 10.3. The third-order valence-electron chi connectivity index (χ3n) is 7.72. The van der Waals surface area contributed by atoms with Crippen LogP contribution in [0.5, 0.6) is 11.5 Å². The second-order valence-electron chi connectivity index (χ2n) is 10.3. The molecular formula is C23H27ClO7. The van der Waals surface area contributed by atoms with Crippen molar-refractivity contribution in [1.82, 2.24) is 0 Å². The number of halogens is 1. The van der Waals surface area contributed by atoms with E-state index in [2.05, 4.69) is 0 Å². The van der Waals surface area contributed by atoms with Gasteiger partial charge in [0.2, 0.25) is 0 Å². The zero-order chi connectivity index (χ0) is 23.1. The Labute approximate surface area is 185 Å². The molecule has 8 heteroatoms. The summed E-state index contributed by atoms with van der Waals surface area (Å²) in [4.78, 5) is 24.8. The van der Waals surface area contributed by atoms with Crippen LogP contribution in [0.15, 0.2) is 17.7 Å². The largest absolute Gasteiger partial charge is 0.507 e. The third-order valence-corrected chi connectivity index (χ3v) is 8.20. The summed E-state index contributed by atoms with van der Waals surface area (Å²) >= 11 is 5.99. The predicted octanol–water partition coefficient (Wildman–Crippen LogP) is 3.03. The highest BCUT2D eigenvalue weighted by molar-refractivity contribution is 6.33. The van der Waals surface area contributed by atoms with Gasteiger partial charge in [-0.05, 0) is 43.2 Å². The van der Waals surface area contributed by atoms with E-state index in [9.17, 15) is 30.0 Å². The Hall–Kier alpha value is -2.09. The number of benzene rings is 1. The van der Waals surface area contributed by atoms with Crippen LogP contribution in [-0.4, -0.2) is 50.0 Å². The van der Waals surface area contributed by atoms with E-state index in [1.165, 1.54) is 13.0 Å². The minimum Gasteiger partial charge on any atom is -0.507 e. The molecule has 4 N–H and O–H groups in total. The molecule has 1 aromatic carbocycles. The molecule has 4 rings (SSSR count). The Bertz CT molecular complexity index is 1030. The molecule has 5 atom stereocenters. The number of aldehydes is 1. The third kappa shape index (κ3) is 2.79. The fourth-order valence-corrected chi connectivity index (χ4v) is 6.45. The van der Waals surface area contributed by atoms with E-state index < -0.39 is 34.4 Å². The lowest BCUT2D eigenvalue weighted by molar-refractivity contribution is -0.261. The highest BCUT2D eigenvalue weighted by Gasteiger charge is 2.75. The molecule has 2 fully saturated rings. The summed E-state index contributed by atoms with van der Waals surface area (Å²) in [5.41, 5.74) is -4.09.